The number of fused-ring (bicyclic) bond motifs is 1. The Labute approximate surface area is 91.2 Å². The molecule has 0 fully saturated rings. The third kappa shape index (κ3) is 1.94. The van der Waals surface area contributed by atoms with Gasteiger partial charge in [0.15, 0.2) is 11.5 Å². The van der Waals surface area contributed by atoms with Crippen LogP contribution in [0.1, 0.15) is 37.3 Å². The summed E-state index contributed by atoms with van der Waals surface area (Å²) in [6.07, 6.45) is 2.21. The van der Waals surface area contributed by atoms with E-state index >= 15 is 0 Å². The van der Waals surface area contributed by atoms with Crippen LogP contribution in [0.5, 0.6) is 11.5 Å². The van der Waals surface area contributed by atoms with Gasteiger partial charge in [-0.05, 0) is 36.0 Å². The van der Waals surface area contributed by atoms with E-state index in [1.165, 1.54) is 11.1 Å². The molecule has 1 heterocycles. The molecule has 0 bridgehead atoms. The summed E-state index contributed by atoms with van der Waals surface area (Å²) in [7, 11) is 1.71. The van der Waals surface area contributed by atoms with Crippen molar-refractivity contribution in [1.29, 1.82) is 0 Å². The van der Waals surface area contributed by atoms with Crippen LogP contribution in [0.3, 0.4) is 0 Å². The van der Waals surface area contributed by atoms with Crippen LogP contribution in [0.15, 0.2) is 12.1 Å². The van der Waals surface area contributed by atoms with Crippen LogP contribution in [0.2, 0.25) is 0 Å². The van der Waals surface area contributed by atoms with E-state index in [1.807, 2.05) is 0 Å². The van der Waals surface area contributed by atoms with E-state index in [2.05, 4.69) is 26.0 Å². The largest absolute Gasteiger partial charge is 0.493 e. The Morgan fingerprint density at radius 3 is 2.80 bits per heavy atom. The van der Waals surface area contributed by atoms with Gasteiger partial charge in [0.05, 0.1) is 13.7 Å². The monoisotopic (exact) mass is 206 g/mol. The number of methoxy groups -OCH3 is 1. The van der Waals surface area contributed by atoms with Crippen molar-refractivity contribution in [1.82, 2.24) is 0 Å². The Kier molecular flexibility index (Phi) is 2.85. The molecule has 0 saturated carbocycles. The molecule has 0 amide bonds. The van der Waals surface area contributed by atoms with E-state index in [1.54, 1.807) is 7.11 Å². The van der Waals surface area contributed by atoms with E-state index in [9.17, 15) is 0 Å². The lowest BCUT2D eigenvalue weighted by Gasteiger charge is -2.21. The molecule has 0 atom stereocenters. The van der Waals surface area contributed by atoms with E-state index in [0.29, 0.717) is 5.92 Å². The molecular weight excluding hydrogens is 188 g/mol. The highest BCUT2D eigenvalue weighted by molar-refractivity contribution is 5.51. The molecule has 0 radical (unpaired) electrons. The Morgan fingerprint density at radius 2 is 2.13 bits per heavy atom. The first-order valence-electron chi connectivity index (χ1n) is 5.56. The van der Waals surface area contributed by atoms with Gasteiger partial charge in [-0.2, -0.15) is 0 Å². The second-order valence-corrected chi connectivity index (χ2v) is 4.32. The van der Waals surface area contributed by atoms with Crippen molar-refractivity contribution in [3.63, 3.8) is 0 Å². The average Bonchev–Trinajstić information content (AvgIpc) is 2.27. The van der Waals surface area contributed by atoms with Gasteiger partial charge in [0.1, 0.15) is 0 Å². The van der Waals surface area contributed by atoms with Gasteiger partial charge >= 0.3 is 0 Å². The average molecular weight is 206 g/mol. The number of ether oxygens (including phenoxy) is 2. The molecule has 1 aromatic rings. The van der Waals surface area contributed by atoms with E-state index in [0.717, 1.165) is 30.9 Å². The molecule has 1 aromatic carbocycles. The van der Waals surface area contributed by atoms with Crippen molar-refractivity contribution in [3.05, 3.63) is 23.3 Å². The third-order valence-corrected chi connectivity index (χ3v) is 2.88. The first kappa shape index (κ1) is 10.3. The number of benzene rings is 1. The SMILES string of the molecule is COc1cc(C(C)C)cc2c1OCCC2. The van der Waals surface area contributed by atoms with Crippen molar-refractivity contribution in [3.8, 4) is 11.5 Å². The van der Waals surface area contributed by atoms with Crippen molar-refractivity contribution in [2.24, 2.45) is 0 Å². The molecule has 15 heavy (non-hydrogen) atoms. The quantitative estimate of drug-likeness (QED) is 0.740. The normalized spacial score (nSPS) is 14.7. The molecule has 0 N–H and O–H groups in total. The maximum absolute atomic E-state index is 5.66. The molecule has 0 saturated heterocycles. The van der Waals surface area contributed by atoms with E-state index in [-0.39, 0.29) is 0 Å². The summed E-state index contributed by atoms with van der Waals surface area (Å²) in [5.41, 5.74) is 2.63. The molecule has 1 aliphatic rings. The maximum atomic E-state index is 5.66. The molecular formula is C13H18O2. The highest BCUT2D eigenvalue weighted by Gasteiger charge is 2.17. The lowest BCUT2D eigenvalue weighted by atomic mass is 9.96. The molecule has 0 aliphatic carbocycles. The summed E-state index contributed by atoms with van der Waals surface area (Å²) < 4.78 is 11.0. The first-order chi connectivity index (χ1) is 7.22. The fraction of sp³-hybridized carbons (Fsp3) is 0.538. The summed E-state index contributed by atoms with van der Waals surface area (Å²) in [5, 5.41) is 0. The van der Waals surface area contributed by atoms with Crippen molar-refractivity contribution in [2.45, 2.75) is 32.6 Å². The zero-order valence-electron chi connectivity index (χ0n) is 9.67. The van der Waals surface area contributed by atoms with Gasteiger partial charge in [0.25, 0.3) is 0 Å². The lowest BCUT2D eigenvalue weighted by molar-refractivity contribution is 0.269. The zero-order chi connectivity index (χ0) is 10.8. The highest BCUT2D eigenvalue weighted by atomic mass is 16.5. The van der Waals surface area contributed by atoms with Crippen LogP contribution in [0, 0.1) is 0 Å². The van der Waals surface area contributed by atoms with Gasteiger partial charge in [0, 0.05) is 0 Å². The molecule has 0 unspecified atom stereocenters. The lowest BCUT2D eigenvalue weighted by Crippen LogP contribution is -2.10. The summed E-state index contributed by atoms with van der Waals surface area (Å²) >= 11 is 0. The van der Waals surface area contributed by atoms with Crippen LogP contribution in [0.25, 0.3) is 0 Å². The summed E-state index contributed by atoms with van der Waals surface area (Å²) in [5.74, 6) is 2.37. The molecule has 2 nitrogen and oxygen atoms in total. The molecule has 2 rings (SSSR count). The van der Waals surface area contributed by atoms with Crippen LogP contribution in [-0.2, 0) is 6.42 Å². The van der Waals surface area contributed by atoms with Gasteiger partial charge in [0.2, 0.25) is 0 Å². The standard InChI is InChI=1S/C13H18O2/c1-9(2)11-7-10-5-4-6-15-13(10)12(8-11)14-3/h7-9H,4-6H2,1-3H3. The second kappa shape index (κ2) is 4.13. The highest BCUT2D eigenvalue weighted by Crippen LogP contribution is 2.37. The number of rotatable bonds is 2. The number of hydrogen-bond acceptors (Lipinski definition) is 2. The number of aryl methyl sites for hydroxylation is 1. The minimum atomic E-state index is 0.533. The Morgan fingerprint density at radius 1 is 1.33 bits per heavy atom. The van der Waals surface area contributed by atoms with E-state index < -0.39 is 0 Å². The first-order valence-corrected chi connectivity index (χ1v) is 5.56. The van der Waals surface area contributed by atoms with Gasteiger partial charge in [-0.15, -0.1) is 0 Å². The summed E-state index contributed by atoms with van der Waals surface area (Å²) in [6, 6.07) is 4.34. The van der Waals surface area contributed by atoms with Crippen molar-refractivity contribution >= 4 is 0 Å². The van der Waals surface area contributed by atoms with Crippen LogP contribution >= 0.6 is 0 Å². The molecule has 82 valence electrons. The summed E-state index contributed by atoms with van der Waals surface area (Å²) in [6.45, 7) is 5.21. The Hall–Kier alpha value is -1.18. The topological polar surface area (TPSA) is 18.5 Å². The Bertz CT molecular complexity index is 339. The van der Waals surface area contributed by atoms with Crippen LogP contribution in [0.4, 0.5) is 0 Å². The van der Waals surface area contributed by atoms with Crippen molar-refractivity contribution < 1.29 is 9.47 Å². The van der Waals surface area contributed by atoms with Gasteiger partial charge < -0.3 is 9.47 Å². The van der Waals surface area contributed by atoms with Crippen molar-refractivity contribution in [2.75, 3.05) is 13.7 Å². The van der Waals surface area contributed by atoms with E-state index in [4.69, 9.17) is 9.47 Å². The number of hydrogen-bond donors (Lipinski definition) is 0. The summed E-state index contributed by atoms with van der Waals surface area (Å²) in [4.78, 5) is 0. The smallest absolute Gasteiger partial charge is 0.164 e. The van der Waals surface area contributed by atoms with Gasteiger partial charge in [-0.25, -0.2) is 0 Å². The maximum Gasteiger partial charge on any atom is 0.164 e. The van der Waals surface area contributed by atoms with Crippen LogP contribution in [-0.4, -0.2) is 13.7 Å². The molecule has 0 spiro atoms. The van der Waals surface area contributed by atoms with Crippen LogP contribution < -0.4 is 9.47 Å². The molecule has 2 heteroatoms. The fourth-order valence-corrected chi connectivity index (χ4v) is 1.95. The molecule has 0 aromatic heterocycles. The minimum absolute atomic E-state index is 0.533. The van der Waals surface area contributed by atoms with Gasteiger partial charge in [-0.3, -0.25) is 0 Å². The Balaban J connectivity index is 2.48. The minimum Gasteiger partial charge on any atom is -0.493 e. The molecule has 1 aliphatic heterocycles. The fourth-order valence-electron chi connectivity index (χ4n) is 1.95. The predicted molar refractivity (Wildman–Crippen MR) is 60.9 cm³/mol. The predicted octanol–water partition coefficient (Wildman–Crippen LogP) is 3.14. The zero-order valence-corrected chi connectivity index (χ0v) is 9.67. The second-order valence-electron chi connectivity index (χ2n) is 4.32. The third-order valence-electron chi connectivity index (χ3n) is 2.88. The van der Waals surface area contributed by atoms with Gasteiger partial charge in [-0.1, -0.05) is 19.9 Å².